The maximum absolute atomic E-state index is 12.1. The van der Waals surface area contributed by atoms with Gasteiger partial charge in [0.05, 0.1) is 0 Å². The lowest BCUT2D eigenvalue weighted by atomic mass is 10.1. The van der Waals surface area contributed by atoms with Crippen molar-refractivity contribution in [1.29, 1.82) is 0 Å². The van der Waals surface area contributed by atoms with Gasteiger partial charge in [-0.15, -0.1) is 5.10 Å². The van der Waals surface area contributed by atoms with Crippen molar-refractivity contribution in [3.05, 3.63) is 65.4 Å². The van der Waals surface area contributed by atoms with E-state index in [1.807, 2.05) is 50.2 Å². The molecule has 4 aromatic rings. The summed E-state index contributed by atoms with van der Waals surface area (Å²) in [7, 11) is 0. The Hall–Kier alpha value is -3.55. The van der Waals surface area contributed by atoms with E-state index in [4.69, 9.17) is 9.26 Å². The molecule has 0 unspecified atom stereocenters. The maximum atomic E-state index is 12.1. The molecule has 0 radical (unpaired) electrons. The van der Waals surface area contributed by atoms with Crippen molar-refractivity contribution in [2.75, 3.05) is 0 Å². The normalized spacial score (nSPS) is 11.0. The molecule has 0 aliphatic carbocycles. The summed E-state index contributed by atoms with van der Waals surface area (Å²) < 4.78 is 12.1. The Balaban J connectivity index is 1.39. The highest BCUT2D eigenvalue weighted by molar-refractivity contribution is 5.71. The minimum absolute atomic E-state index is 0.00240. The molecule has 0 aliphatic rings. The predicted octanol–water partition coefficient (Wildman–Crippen LogP) is 2.68. The number of carbonyl (C=O) groups is 1. The van der Waals surface area contributed by atoms with Crippen LogP contribution in [0.25, 0.3) is 17.0 Å². The molecule has 0 saturated carbocycles. The molecule has 136 valence electrons. The fourth-order valence-corrected chi connectivity index (χ4v) is 2.74. The van der Waals surface area contributed by atoms with E-state index >= 15 is 0 Å². The molecule has 1 aromatic carbocycles. The third-order valence-corrected chi connectivity index (χ3v) is 3.97. The number of aromatic nitrogens is 5. The van der Waals surface area contributed by atoms with Crippen LogP contribution in [0.4, 0.5) is 0 Å². The summed E-state index contributed by atoms with van der Waals surface area (Å²) in [4.78, 5) is 20.7. The van der Waals surface area contributed by atoms with Crippen LogP contribution in [0, 0.1) is 13.8 Å². The van der Waals surface area contributed by atoms with E-state index in [9.17, 15) is 4.79 Å². The molecule has 0 atom stereocenters. The molecular formula is C19H17N5O3. The first kappa shape index (κ1) is 16.9. The molecule has 4 rings (SSSR count). The zero-order chi connectivity index (χ0) is 18.8. The molecule has 0 amide bonds. The molecule has 0 spiro atoms. The lowest BCUT2D eigenvalue weighted by molar-refractivity contribution is -0.144. The second kappa shape index (κ2) is 6.99. The van der Waals surface area contributed by atoms with Gasteiger partial charge in [-0.05, 0) is 19.9 Å². The Morgan fingerprint density at radius 2 is 1.96 bits per heavy atom. The van der Waals surface area contributed by atoms with Crippen molar-refractivity contribution in [2.24, 2.45) is 0 Å². The van der Waals surface area contributed by atoms with Crippen LogP contribution < -0.4 is 0 Å². The molecule has 0 bridgehead atoms. The van der Waals surface area contributed by atoms with Crippen LogP contribution >= 0.6 is 0 Å². The molecule has 8 nitrogen and oxygen atoms in total. The zero-order valence-electron chi connectivity index (χ0n) is 14.9. The number of hydrogen-bond donors (Lipinski definition) is 0. The highest BCUT2D eigenvalue weighted by atomic mass is 16.5. The van der Waals surface area contributed by atoms with E-state index in [0.29, 0.717) is 23.1 Å². The quantitative estimate of drug-likeness (QED) is 0.503. The molecule has 8 heteroatoms. The number of nitrogens with zero attached hydrogens (tertiary/aromatic N) is 5. The largest absolute Gasteiger partial charge is 0.457 e. The lowest BCUT2D eigenvalue weighted by Crippen LogP contribution is -2.09. The van der Waals surface area contributed by atoms with Crippen LogP contribution in [-0.4, -0.2) is 30.7 Å². The maximum Gasteiger partial charge on any atom is 0.314 e. The van der Waals surface area contributed by atoms with Crippen molar-refractivity contribution in [3.63, 3.8) is 0 Å². The van der Waals surface area contributed by atoms with Gasteiger partial charge < -0.3 is 9.26 Å². The van der Waals surface area contributed by atoms with Crippen LogP contribution in [0.5, 0.6) is 0 Å². The molecule has 27 heavy (non-hydrogen) atoms. The van der Waals surface area contributed by atoms with Crippen molar-refractivity contribution in [2.45, 2.75) is 26.9 Å². The molecule has 0 aliphatic heterocycles. The summed E-state index contributed by atoms with van der Waals surface area (Å²) in [6.45, 7) is 3.80. The smallest absolute Gasteiger partial charge is 0.314 e. The van der Waals surface area contributed by atoms with Gasteiger partial charge in [-0.1, -0.05) is 35.5 Å². The number of ether oxygens (including phenoxy) is 1. The average Bonchev–Trinajstić information content (AvgIpc) is 3.27. The lowest BCUT2D eigenvalue weighted by Gasteiger charge is -1.99. The monoisotopic (exact) mass is 363 g/mol. The van der Waals surface area contributed by atoms with Crippen LogP contribution in [0.2, 0.25) is 0 Å². The summed E-state index contributed by atoms with van der Waals surface area (Å²) in [5.41, 5.74) is 3.38. The Kier molecular flexibility index (Phi) is 4.37. The van der Waals surface area contributed by atoms with E-state index in [1.54, 1.807) is 10.6 Å². The second-order valence-corrected chi connectivity index (χ2v) is 6.16. The Morgan fingerprint density at radius 3 is 2.78 bits per heavy atom. The third-order valence-electron chi connectivity index (χ3n) is 3.97. The van der Waals surface area contributed by atoms with E-state index < -0.39 is 5.97 Å². The van der Waals surface area contributed by atoms with Gasteiger partial charge in [-0.25, -0.2) is 9.50 Å². The molecule has 0 N–H and O–H groups in total. The molecule has 3 heterocycles. The van der Waals surface area contributed by atoms with Crippen LogP contribution in [0.1, 0.15) is 23.0 Å². The first-order valence-corrected chi connectivity index (χ1v) is 8.45. The molecule has 0 fully saturated rings. The van der Waals surface area contributed by atoms with Gasteiger partial charge in [0.25, 0.3) is 5.78 Å². The van der Waals surface area contributed by atoms with Crippen molar-refractivity contribution >= 4 is 11.7 Å². The van der Waals surface area contributed by atoms with Gasteiger partial charge >= 0.3 is 5.97 Å². The number of aryl methyl sites for hydroxylation is 2. The number of benzene rings is 1. The highest BCUT2D eigenvalue weighted by Gasteiger charge is 2.14. The van der Waals surface area contributed by atoms with Crippen molar-refractivity contribution < 1.29 is 14.1 Å². The predicted molar refractivity (Wildman–Crippen MR) is 95.7 cm³/mol. The number of rotatable bonds is 5. The standard InChI is InChI=1S/C19H17N5O3/c1-12-8-13(2)24-19(20-12)21-17(22-24)10-18(25)26-11-15-9-16(23-27-15)14-6-4-3-5-7-14/h3-9H,10-11H2,1-2H3. The van der Waals surface area contributed by atoms with Crippen molar-refractivity contribution in [3.8, 4) is 11.3 Å². The summed E-state index contributed by atoms with van der Waals surface area (Å²) in [5, 5.41) is 8.29. The van der Waals surface area contributed by atoms with E-state index in [1.165, 1.54) is 0 Å². The summed E-state index contributed by atoms with van der Waals surface area (Å²) in [6, 6.07) is 13.3. The number of fused-ring (bicyclic) bond motifs is 1. The molecule has 3 aromatic heterocycles. The third kappa shape index (κ3) is 3.69. The van der Waals surface area contributed by atoms with Gasteiger partial charge in [-0.2, -0.15) is 4.98 Å². The first-order chi connectivity index (χ1) is 13.1. The minimum atomic E-state index is -0.446. The zero-order valence-corrected chi connectivity index (χ0v) is 14.9. The van der Waals surface area contributed by atoms with Gasteiger partial charge in [0.15, 0.2) is 18.2 Å². The van der Waals surface area contributed by atoms with E-state index in [-0.39, 0.29) is 13.0 Å². The van der Waals surface area contributed by atoms with Crippen molar-refractivity contribution in [1.82, 2.24) is 24.7 Å². The number of esters is 1. The second-order valence-electron chi connectivity index (χ2n) is 6.16. The summed E-state index contributed by atoms with van der Waals surface area (Å²) >= 11 is 0. The fraction of sp³-hybridized carbons (Fsp3) is 0.211. The fourth-order valence-electron chi connectivity index (χ4n) is 2.74. The topological polar surface area (TPSA) is 95.4 Å². The Bertz CT molecular complexity index is 1100. The van der Waals surface area contributed by atoms with Gasteiger partial charge in [-0.3, -0.25) is 4.79 Å². The summed E-state index contributed by atoms with van der Waals surface area (Å²) in [5.74, 6) is 0.859. The van der Waals surface area contributed by atoms with Crippen LogP contribution in [0.15, 0.2) is 47.0 Å². The number of carbonyl (C=O) groups excluding carboxylic acids is 1. The van der Waals surface area contributed by atoms with Gasteiger partial charge in [0.2, 0.25) is 0 Å². The van der Waals surface area contributed by atoms with Gasteiger partial charge in [0, 0.05) is 23.0 Å². The average molecular weight is 363 g/mol. The van der Waals surface area contributed by atoms with Crippen LogP contribution in [0.3, 0.4) is 0 Å². The minimum Gasteiger partial charge on any atom is -0.457 e. The SMILES string of the molecule is Cc1cc(C)n2nc(CC(=O)OCc3cc(-c4ccccc4)no3)nc2n1. The molecule has 0 saturated heterocycles. The molecular weight excluding hydrogens is 346 g/mol. The van der Waals surface area contributed by atoms with Crippen LogP contribution in [-0.2, 0) is 22.6 Å². The van der Waals surface area contributed by atoms with E-state index in [0.717, 1.165) is 17.0 Å². The number of hydrogen-bond acceptors (Lipinski definition) is 7. The highest BCUT2D eigenvalue weighted by Crippen LogP contribution is 2.19. The Labute approximate surface area is 154 Å². The summed E-state index contributed by atoms with van der Waals surface area (Å²) in [6.07, 6.45) is -0.0402. The first-order valence-electron chi connectivity index (χ1n) is 8.45. The van der Waals surface area contributed by atoms with E-state index in [2.05, 4.69) is 20.2 Å². The Morgan fingerprint density at radius 1 is 1.15 bits per heavy atom. The van der Waals surface area contributed by atoms with Gasteiger partial charge in [0.1, 0.15) is 12.1 Å².